The van der Waals surface area contributed by atoms with Gasteiger partial charge in [-0.3, -0.25) is 4.79 Å². The Morgan fingerprint density at radius 2 is 2.07 bits per heavy atom. The quantitative estimate of drug-likeness (QED) is 0.459. The highest BCUT2D eigenvalue weighted by Gasteiger charge is 2.13. The highest BCUT2D eigenvalue weighted by molar-refractivity contribution is 5.91. The van der Waals surface area contributed by atoms with Crippen LogP contribution in [0.1, 0.15) is 55.7 Å². The fourth-order valence-corrected chi connectivity index (χ4v) is 2.88. The number of imidazole rings is 1. The van der Waals surface area contributed by atoms with Crippen molar-refractivity contribution in [1.29, 1.82) is 0 Å². The van der Waals surface area contributed by atoms with Crippen LogP contribution in [0.5, 0.6) is 5.75 Å². The number of aromatic nitrogens is 2. The van der Waals surface area contributed by atoms with Crippen molar-refractivity contribution in [3.63, 3.8) is 0 Å². The van der Waals surface area contributed by atoms with Crippen LogP contribution in [0.3, 0.4) is 0 Å². The minimum atomic E-state index is -0.245. The van der Waals surface area contributed by atoms with Gasteiger partial charge in [-0.05, 0) is 57.4 Å². The first-order valence-corrected chi connectivity index (χ1v) is 10.3. The van der Waals surface area contributed by atoms with Gasteiger partial charge in [-0.25, -0.2) is 4.98 Å². The van der Waals surface area contributed by atoms with Gasteiger partial charge in [-0.1, -0.05) is 19.1 Å². The fourth-order valence-electron chi connectivity index (χ4n) is 2.88. The summed E-state index contributed by atoms with van der Waals surface area (Å²) >= 11 is 0. The van der Waals surface area contributed by atoms with E-state index in [1.165, 1.54) is 0 Å². The van der Waals surface area contributed by atoms with Crippen molar-refractivity contribution in [3.05, 3.63) is 59.5 Å². The van der Waals surface area contributed by atoms with Crippen LogP contribution in [0.25, 0.3) is 0 Å². The molecule has 0 bridgehead atoms. The summed E-state index contributed by atoms with van der Waals surface area (Å²) in [4.78, 5) is 15.8. The lowest BCUT2D eigenvalue weighted by atomic mass is 10.1. The van der Waals surface area contributed by atoms with E-state index in [9.17, 15) is 4.79 Å². The first kappa shape index (κ1) is 23.3. The average Bonchev–Trinajstić information content (AvgIpc) is 3.14. The predicted octanol–water partition coefficient (Wildman–Crippen LogP) is 3.63. The van der Waals surface area contributed by atoms with Gasteiger partial charge in [0.1, 0.15) is 23.7 Å². The van der Waals surface area contributed by atoms with Crippen LogP contribution < -0.4 is 15.4 Å². The number of ether oxygens (including phenoxy) is 2. The second-order valence-corrected chi connectivity index (χ2v) is 8.02. The van der Waals surface area contributed by atoms with E-state index >= 15 is 0 Å². The number of rotatable bonds is 10. The molecular weight excluding hydrogens is 380 g/mol. The van der Waals surface area contributed by atoms with E-state index in [0.29, 0.717) is 25.4 Å². The number of hydrogen-bond acceptors (Lipinski definition) is 5. The summed E-state index contributed by atoms with van der Waals surface area (Å²) in [5, 5.41) is 5.89. The maximum atomic E-state index is 11.7. The Hall–Kier alpha value is -2.96. The molecule has 1 aromatic heterocycles. The third-order valence-electron chi connectivity index (χ3n) is 4.31. The monoisotopic (exact) mass is 414 g/mol. The molecule has 0 saturated heterocycles. The number of carbonyl (C=O) groups is 1. The average molecular weight is 415 g/mol. The van der Waals surface area contributed by atoms with Crippen molar-refractivity contribution >= 4 is 5.91 Å². The Balaban J connectivity index is 1.94. The maximum Gasteiger partial charge on any atom is 0.271 e. The number of carbonyl (C=O) groups excluding carboxylic acids is 1. The third kappa shape index (κ3) is 7.13. The Morgan fingerprint density at radius 3 is 2.73 bits per heavy atom. The van der Waals surface area contributed by atoms with Crippen molar-refractivity contribution in [2.24, 2.45) is 0 Å². The summed E-state index contributed by atoms with van der Waals surface area (Å²) in [5.74, 6) is 1.44. The van der Waals surface area contributed by atoms with Crippen LogP contribution in [0.2, 0.25) is 0 Å². The van der Waals surface area contributed by atoms with E-state index in [2.05, 4.69) is 28.6 Å². The summed E-state index contributed by atoms with van der Waals surface area (Å²) < 4.78 is 13.8. The molecule has 0 atom stereocenters. The van der Waals surface area contributed by atoms with Crippen molar-refractivity contribution in [2.45, 2.75) is 53.2 Å². The van der Waals surface area contributed by atoms with Crippen molar-refractivity contribution in [2.75, 3.05) is 20.2 Å². The van der Waals surface area contributed by atoms with E-state index in [0.717, 1.165) is 29.2 Å². The summed E-state index contributed by atoms with van der Waals surface area (Å²) in [6.07, 6.45) is 6.34. The van der Waals surface area contributed by atoms with E-state index < -0.39 is 0 Å². The zero-order chi connectivity index (χ0) is 22.1. The zero-order valence-corrected chi connectivity index (χ0v) is 18.9. The van der Waals surface area contributed by atoms with Crippen LogP contribution in [-0.4, -0.2) is 41.3 Å². The lowest BCUT2D eigenvalue weighted by molar-refractivity contribution is 0.0390. The van der Waals surface area contributed by atoms with Gasteiger partial charge in [-0.15, -0.1) is 0 Å². The van der Waals surface area contributed by atoms with Crippen molar-refractivity contribution in [3.8, 4) is 5.75 Å². The third-order valence-corrected chi connectivity index (χ3v) is 4.31. The summed E-state index contributed by atoms with van der Waals surface area (Å²) in [5.41, 5.74) is 2.35. The minimum absolute atomic E-state index is 0.193. The van der Waals surface area contributed by atoms with Crippen LogP contribution in [0.15, 0.2) is 42.7 Å². The fraction of sp³-hybridized carbons (Fsp3) is 0.478. The largest absolute Gasteiger partial charge is 0.491 e. The molecule has 2 aromatic rings. The van der Waals surface area contributed by atoms with Crippen LogP contribution in [0.4, 0.5) is 0 Å². The van der Waals surface area contributed by atoms with Crippen LogP contribution >= 0.6 is 0 Å². The molecular formula is C23H34N4O3. The van der Waals surface area contributed by atoms with Crippen molar-refractivity contribution < 1.29 is 14.3 Å². The Labute approximate surface area is 179 Å². The summed E-state index contributed by atoms with van der Waals surface area (Å²) in [6.45, 7) is 12.0. The molecule has 30 heavy (non-hydrogen) atoms. The van der Waals surface area contributed by atoms with Crippen LogP contribution in [-0.2, 0) is 11.3 Å². The molecule has 2 N–H and O–H groups in total. The first-order chi connectivity index (χ1) is 14.2. The molecule has 0 saturated carbocycles. The molecule has 0 aliphatic carbocycles. The topological polar surface area (TPSA) is 77.4 Å². The summed E-state index contributed by atoms with van der Waals surface area (Å²) in [6, 6.07) is 6.00. The molecule has 164 valence electrons. The van der Waals surface area contributed by atoms with E-state index in [1.807, 2.05) is 50.5 Å². The van der Waals surface area contributed by atoms with Gasteiger partial charge in [0.15, 0.2) is 5.88 Å². The first-order valence-electron chi connectivity index (χ1n) is 10.3. The highest BCUT2D eigenvalue weighted by Crippen LogP contribution is 2.22. The number of nitrogens with zero attached hydrogens (tertiary/aromatic N) is 2. The molecule has 0 unspecified atom stereocenters. The molecule has 7 nitrogen and oxygen atoms in total. The molecule has 0 aliphatic rings. The second-order valence-electron chi connectivity index (χ2n) is 8.02. The SMILES string of the molecule is CCC=C(NCCOc1cccc(Cn2cnc(C(=O)NC)c2)c1C)OC(C)(C)C. The number of allylic oxidation sites excluding steroid dienone is 1. The van der Waals surface area contributed by atoms with Gasteiger partial charge >= 0.3 is 0 Å². The molecule has 1 heterocycles. The lowest BCUT2D eigenvalue weighted by Gasteiger charge is -2.24. The standard InChI is InChI=1S/C23H34N4O3/c1-7-9-21(30-23(3,4)5)25-12-13-29-20-11-8-10-18(17(20)2)14-27-15-19(26-16-27)22(28)24-6/h8-11,15-16,25H,7,12-14H2,1-6H3,(H,24,28). The van der Waals surface area contributed by atoms with Gasteiger partial charge in [0, 0.05) is 19.8 Å². The maximum absolute atomic E-state index is 11.7. The number of benzene rings is 1. The second kappa shape index (κ2) is 10.7. The normalized spacial score (nSPS) is 11.9. The Bertz CT molecular complexity index is 866. The van der Waals surface area contributed by atoms with Gasteiger partial charge in [-0.2, -0.15) is 0 Å². The minimum Gasteiger partial charge on any atom is -0.491 e. The molecule has 0 spiro atoms. The molecule has 1 amide bonds. The zero-order valence-electron chi connectivity index (χ0n) is 18.9. The molecule has 1 aromatic carbocycles. The molecule has 7 heteroatoms. The number of amides is 1. The van der Waals surface area contributed by atoms with Crippen LogP contribution in [0, 0.1) is 6.92 Å². The van der Waals surface area contributed by atoms with Gasteiger partial charge < -0.3 is 24.7 Å². The molecule has 0 aliphatic heterocycles. The Kier molecular flexibility index (Phi) is 8.33. The number of hydrogen-bond donors (Lipinski definition) is 2. The smallest absolute Gasteiger partial charge is 0.271 e. The highest BCUT2D eigenvalue weighted by atomic mass is 16.5. The molecule has 0 radical (unpaired) electrons. The predicted molar refractivity (Wildman–Crippen MR) is 119 cm³/mol. The van der Waals surface area contributed by atoms with E-state index in [1.54, 1.807) is 19.6 Å². The van der Waals surface area contributed by atoms with Gasteiger partial charge in [0.05, 0.1) is 12.9 Å². The van der Waals surface area contributed by atoms with E-state index in [4.69, 9.17) is 9.47 Å². The summed E-state index contributed by atoms with van der Waals surface area (Å²) in [7, 11) is 1.59. The van der Waals surface area contributed by atoms with Gasteiger partial charge in [0.2, 0.25) is 0 Å². The van der Waals surface area contributed by atoms with E-state index in [-0.39, 0.29) is 11.5 Å². The lowest BCUT2D eigenvalue weighted by Crippen LogP contribution is -2.28. The Morgan fingerprint density at radius 1 is 1.30 bits per heavy atom. The molecule has 0 fully saturated rings. The van der Waals surface area contributed by atoms with Gasteiger partial charge in [0.25, 0.3) is 5.91 Å². The van der Waals surface area contributed by atoms with Crippen molar-refractivity contribution in [1.82, 2.24) is 20.2 Å². The molecule has 2 rings (SSSR count). The number of nitrogens with one attached hydrogen (secondary N) is 2.